The van der Waals surface area contributed by atoms with Gasteiger partial charge in [-0.05, 0) is 42.0 Å². The molecule has 1 aromatic heterocycles. The quantitative estimate of drug-likeness (QED) is 0.751. The second kappa shape index (κ2) is 6.76. The van der Waals surface area contributed by atoms with Gasteiger partial charge in [-0.1, -0.05) is 22.0 Å². The molecular formula is C18H18BrNO3S. The molecule has 24 heavy (non-hydrogen) atoms. The lowest BCUT2D eigenvalue weighted by atomic mass is 10.1. The van der Waals surface area contributed by atoms with Crippen molar-refractivity contribution in [3.63, 3.8) is 0 Å². The first-order valence-corrected chi connectivity index (χ1v) is 9.78. The summed E-state index contributed by atoms with van der Waals surface area (Å²) in [6, 6.07) is 8.35. The molecule has 0 atom stereocenters. The van der Waals surface area contributed by atoms with E-state index >= 15 is 0 Å². The largest absolute Gasteiger partial charge is 0.486 e. The standard InChI is InChI=1S/C18H18BrNO3S/c19-15-10-17-16(22-5-6-23-17)8-12(15)9-18(21)20(13-3-4-13)11-14-2-1-7-24-14/h1-2,7-8,10,13H,3-6,9,11H2. The number of benzene rings is 1. The normalized spacial score (nSPS) is 16.0. The van der Waals surface area contributed by atoms with Gasteiger partial charge in [0.05, 0.1) is 13.0 Å². The van der Waals surface area contributed by atoms with Crippen LogP contribution in [0.2, 0.25) is 0 Å². The van der Waals surface area contributed by atoms with Gasteiger partial charge in [-0.3, -0.25) is 4.79 Å². The number of rotatable bonds is 5. The molecule has 1 aliphatic carbocycles. The van der Waals surface area contributed by atoms with Gasteiger partial charge >= 0.3 is 0 Å². The number of hydrogen-bond donors (Lipinski definition) is 0. The van der Waals surface area contributed by atoms with Crippen LogP contribution in [0.15, 0.2) is 34.1 Å². The molecule has 4 rings (SSSR count). The van der Waals surface area contributed by atoms with Crippen LogP contribution in [0.25, 0.3) is 0 Å². The maximum atomic E-state index is 12.9. The molecule has 0 N–H and O–H groups in total. The number of ether oxygens (including phenoxy) is 2. The molecule has 0 spiro atoms. The summed E-state index contributed by atoms with van der Waals surface area (Å²) in [6.45, 7) is 1.83. The molecule has 2 aromatic rings. The Morgan fingerprint density at radius 3 is 2.67 bits per heavy atom. The average molecular weight is 408 g/mol. The highest BCUT2D eigenvalue weighted by Gasteiger charge is 2.33. The van der Waals surface area contributed by atoms with E-state index in [1.54, 1.807) is 11.3 Å². The molecule has 1 aliphatic heterocycles. The highest BCUT2D eigenvalue weighted by molar-refractivity contribution is 9.10. The summed E-state index contributed by atoms with van der Waals surface area (Å²) < 4.78 is 12.1. The molecule has 0 saturated heterocycles. The van der Waals surface area contributed by atoms with Crippen molar-refractivity contribution >= 4 is 33.2 Å². The number of thiophene rings is 1. The third-order valence-electron chi connectivity index (χ3n) is 4.27. The number of nitrogens with zero attached hydrogens (tertiary/aromatic N) is 1. The van der Waals surface area contributed by atoms with E-state index in [1.165, 1.54) is 4.88 Å². The van der Waals surface area contributed by atoms with Crippen molar-refractivity contribution in [3.05, 3.63) is 44.6 Å². The molecule has 1 amide bonds. The van der Waals surface area contributed by atoms with Gasteiger partial charge in [0.2, 0.25) is 5.91 Å². The zero-order chi connectivity index (χ0) is 16.5. The van der Waals surface area contributed by atoms with Crippen LogP contribution in [0.5, 0.6) is 11.5 Å². The van der Waals surface area contributed by atoms with Gasteiger partial charge < -0.3 is 14.4 Å². The number of amides is 1. The minimum absolute atomic E-state index is 0.170. The van der Waals surface area contributed by atoms with Gasteiger partial charge in [0.25, 0.3) is 0 Å². The summed E-state index contributed by atoms with van der Waals surface area (Å²) in [5, 5.41) is 2.06. The van der Waals surface area contributed by atoms with E-state index in [4.69, 9.17) is 9.47 Å². The first kappa shape index (κ1) is 16.0. The lowest BCUT2D eigenvalue weighted by molar-refractivity contribution is -0.131. The maximum Gasteiger partial charge on any atom is 0.227 e. The second-order valence-corrected chi connectivity index (χ2v) is 7.98. The summed E-state index contributed by atoms with van der Waals surface area (Å²) in [4.78, 5) is 16.1. The first-order chi connectivity index (χ1) is 11.7. The fraction of sp³-hybridized carbons (Fsp3) is 0.389. The van der Waals surface area contributed by atoms with Crippen molar-refractivity contribution in [3.8, 4) is 11.5 Å². The van der Waals surface area contributed by atoms with Gasteiger partial charge in [0.1, 0.15) is 13.2 Å². The Hall–Kier alpha value is -1.53. The third-order valence-corrected chi connectivity index (χ3v) is 5.87. The number of hydrogen-bond acceptors (Lipinski definition) is 4. The van der Waals surface area contributed by atoms with Crippen molar-refractivity contribution < 1.29 is 14.3 Å². The zero-order valence-corrected chi connectivity index (χ0v) is 15.6. The molecule has 2 aliphatic rings. The average Bonchev–Trinajstić information content (AvgIpc) is 3.29. The Kier molecular flexibility index (Phi) is 4.50. The lowest BCUT2D eigenvalue weighted by Gasteiger charge is -2.23. The molecule has 2 heterocycles. The summed E-state index contributed by atoms with van der Waals surface area (Å²) in [6.07, 6.45) is 2.60. The van der Waals surface area contributed by atoms with Crippen LogP contribution in [-0.2, 0) is 17.8 Å². The predicted molar refractivity (Wildman–Crippen MR) is 96.7 cm³/mol. The third kappa shape index (κ3) is 3.44. The minimum atomic E-state index is 0.170. The predicted octanol–water partition coefficient (Wildman–Crippen LogP) is 4.02. The van der Waals surface area contributed by atoms with Crippen LogP contribution in [0.3, 0.4) is 0 Å². The Morgan fingerprint density at radius 1 is 1.25 bits per heavy atom. The molecule has 6 heteroatoms. The van der Waals surface area contributed by atoms with E-state index < -0.39 is 0 Å². The summed E-state index contributed by atoms with van der Waals surface area (Å²) in [5.74, 6) is 1.63. The van der Waals surface area contributed by atoms with E-state index in [9.17, 15) is 4.79 Å². The van der Waals surface area contributed by atoms with Crippen molar-refractivity contribution in [1.29, 1.82) is 0 Å². The van der Waals surface area contributed by atoms with Crippen molar-refractivity contribution in [2.45, 2.75) is 31.8 Å². The van der Waals surface area contributed by atoms with Gasteiger partial charge in [-0.15, -0.1) is 11.3 Å². The van der Waals surface area contributed by atoms with E-state index in [0.717, 1.165) is 34.4 Å². The number of fused-ring (bicyclic) bond motifs is 1. The zero-order valence-electron chi connectivity index (χ0n) is 13.2. The Labute approximate surface area is 153 Å². The van der Waals surface area contributed by atoms with Gasteiger partial charge in [0.15, 0.2) is 11.5 Å². The van der Waals surface area contributed by atoms with Gasteiger partial charge in [-0.25, -0.2) is 0 Å². The molecule has 0 unspecified atom stereocenters. The van der Waals surface area contributed by atoms with Crippen LogP contribution in [0, 0.1) is 0 Å². The van der Waals surface area contributed by atoms with Crippen LogP contribution in [0.1, 0.15) is 23.3 Å². The topological polar surface area (TPSA) is 38.8 Å². The highest BCUT2D eigenvalue weighted by Crippen LogP contribution is 2.36. The summed E-state index contributed by atoms with van der Waals surface area (Å²) >= 11 is 5.26. The van der Waals surface area contributed by atoms with Crippen molar-refractivity contribution in [2.75, 3.05) is 13.2 Å². The number of carbonyl (C=O) groups is 1. The fourth-order valence-corrected chi connectivity index (χ4v) is 4.05. The molecule has 1 saturated carbocycles. The van der Waals surface area contributed by atoms with E-state index in [2.05, 4.69) is 27.4 Å². The molecular weight excluding hydrogens is 390 g/mol. The van der Waals surface area contributed by atoms with Crippen LogP contribution in [0.4, 0.5) is 0 Å². The van der Waals surface area contributed by atoms with Crippen LogP contribution >= 0.6 is 27.3 Å². The van der Waals surface area contributed by atoms with Crippen LogP contribution < -0.4 is 9.47 Å². The number of halogens is 1. The summed E-state index contributed by atoms with van der Waals surface area (Å²) in [7, 11) is 0. The molecule has 0 bridgehead atoms. The van der Waals surface area contributed by atoms with Crippen molar-refractivity contribution in [1.82, 2.24) is 4.90 Å². The Morgan fingerprint density at radius 2 is 2.00 bits per heavy atom. The highest BCUT2D eigenvalue weighted by atomic mass is 79.9. The van der Waals surface area contributed by atoms with E-state index in [-0.39, 0.29) is 5.91 Å². The molecule has 126 valence electrons. The Balaban J connectivity index is 1.52. The summed E-state index contributed by atoms with van der Waals surface area (Å²) in [5.41, 5.74) is 0.945. The van der Waals surface area contributed by atoms with Gasteiger partial charge in [0, 0.05) is 15.4 Å². The van der Waals surface area contributed by atoms with Gasteiger partial charge in [-0.2, -0.15) is 0 Å². The van der Waals surface area contributed by atoms with E-state index in [1.807, 2.05) is 23.1 Å². The fourth-order valence-electron chi connectivity index (χ4n) is 2.88. The SMILES string of the molecule is O=C(Cc1cc2c(cc1Br)OCCO2)N(Cc1cccs1)C1CC1. The monoisotopic (exact) mass is 407 g/mol. The first-order valence-electron chi connectivity index (χ1n) is 8.10. The smallest absolute Gasteiger partial charge is 0.227 e. The minimum Gasteiger partial charge on any atom is -0.486 e. The second-order valence-electron chi connectivity index (χ2n) is 6.10. The van der Waals surface area contributed by atoms with Crippen molar-refractivity contribution in [2.24, 2.45) is 0 Å². The molecule has 4 nitrogen and oxygen atoms in total. The van der Waals surface area contributed by atoms with E-state index in [0.29, 0.717) is 32.2 Å². The molecule has 1 aromatic carbocycles. The van der Waals surface area contributed by atoms with Crippen LogP contribution in [-0.4, -0.2) is 30.1 Å². The molecule has 1 fully saturated rings. The maximum absolute atomic E-state index is 12.9. The molecule has 0 radical (unpaired) electrons. The number of carbonyl (C=O) groups excluding carboxylic acids is 1. The lowest BCUT2D eigenvalue weighted by Crippen LogP contribution is -2.33. The Bertz CT molecular complexity index is 743.